The van der Waals surface area contributed by atoms with Gasteiger partial charge in [0.1, 0.15) is 4.21 Å². The molecule has 1 aromatic heterocycles. The minimum Gasteiger partial charge on any atom is -0.310 e. The molecule has 0 aromatic carbocycles. The summed E-state index contributed by atoms with van der Waals surface area (Å²) >= 11 is 3.10. The lowest BCUT2D eigenvalue weighted by atomic mass is 10.3. The highest BCUT2D eigenvalue weighted by Crippen LogP contribution is 2.26. The molecule has 7 heteroatoms. The molecule has 0 amide bonds. The van der Waals surface area contributed by atoms with Gasteiger partial charge in [-0.2, -0.15) is 11.8 Å². The Morgan fingerprint density at radius 2 is 2.00 bits per heavy atom. The van der Waals surface area contributed by atoms with Crippen LogP contribution in [0.4, 0.5) is 0 Å². The smallest absolute Gasteiger partial charge is 0.250 e. The first-order valence-electron chi connectivity index (χ1n) is 7.11. The second-order valence-electron chi connectivity index (χ2n) is 5.44. The van der Waals surface area contributed by atoms with Crippen molar-refractivity contribution < 1.29 is 8.42 Å². The first-order valence-corrected chi connectivity index (χ1v) is 10.7. The predicted molar refractivity (Wildman–Crippen MR) is 93.8 cm³/mol. The molecule has 21 heavy (non-hydrogen) atoms. The van der Waals surface area contributed by atoms with E-state index in [2.05, 4.69) is 30.8 Å². The largest absolute Gasteiger partial charge is 0.310 e. The van der Waals surface area contributed by atoms with Crippen molar-refractivity contribution in [1.29, 1.82) is 0 Å². The third kappa shape index (κ3) is 6.28. The third-order valence-electron chi connectivity index (χ3n) is 3.18. The van der Waals surface area contributed by atoms with Crippen LogP contribution in [0.1, 0.15) is 37.6 Å². The molecule has 0 saturated carbocycles. The van der Waals surface area contributed by atoms with Gasteiger partial charge in [-0.25, -0.2) is 13.1 Å². The molecule has 2 N–H and O–H groups in total. The first-order chi connectivity index (χ1) is 9.76. The van der Waals surface area contributed by atoms with E-state index in [1.54, 1.807) is 17.8 Å². The molecule has 1 atom stereocenters. The highest BCUT2D eigenvalue weighted by molar-refractivity contribution is 7.99. The molecule has 0 radical (unpaired) electrons. The Balaban J connectivity index is 2.68. The maximum Gasteiger partial charge on any atom is 0.250 e. The number of thioether (sulfide) groups is 1. The highest BCUT2D eigenvalue weighted by atomic mass is 32.2. The average molecular weight is 351 g/mol. The fourth-order valence-corrected chi connectivity index (χ4v) is 4.66. The Bertz CT molecular complexity index is 538. The van der Waals surface area contributed by atoms with E-state index in [4.69, 9.17) is 0 Å². The molecular weight excluding hydrogens is 324 g/mol. The van der Waals surface area contributed by atoms with Crippen LogP contribution in [0.25, 0.3) is 0 Å². The van der Waals surface area contributed by atoms with Gasteiger partial charge in [-0.1, -0.05) is 20.8 Å². The lowest BCUT2D eigenvalue weighted by Gasteiger charge is -2.09. The zero-order valence-corrected chi connectivity index (χ0v) is 15.8. The Hall–Kier alpha value is -0.0800. The maximum atomic E-state index is 12.3. The molecule has 1 heterocycles. The van der Waals surface area contributed by atoms with Crippen molar-refractivity contribution in [2.24, 2.45) is 0 Å². The maximum absolute atomic E-state index is 12.3. The second-order valence-corrected chi connectivity index (χ2v) is 9.85. The molecule has 0 spiro atoms. The molecular formula is C14H26N2O2S3. The van der Waals surface area contributed by atoms with Crippen molar-refractivity contribution in [2.75, 3.05) is 12.8 Å². The van der Waals surface area contributed by atoms with Crippen LogP contribution in [-0.4, -0.2) is 32.5 Å². The van der Waals surface area contributed by atoms with E-state index in [0.29, 0.717) is 28.6 Å². The molecule has 122 valence electrons. The third-order valence-corrected chi connectivity index (χ3v) is 7.39. The van der Waals surface area contributed by atoms with E-state index in [1.165, 1.54) is 11.3 Å². The van der Waals surface area contributed by atoms with Gasteiger partial charge in [-0.15, -0.1) is 11.3 Å². The van der Waals surface area contributed by atoms with Crippen molar-refractivity contribution in [1.82, 2.24) is 10.0 Å². The summed E-state index contributed by atoms with van der Waals surface area (Å²) in [7, 11) is -3.37. The summed E-state index contributed by atoms with van der Waals surface area (Å²) in [5.41, 5.74) is 1.03. The summed E-state index contributed by atoms with van der Waals surface area (Å²) in [5.74, 6) is 0. The van der Waals surface area contributed by atoms with Crippen LogP contribution in [0, 0.1) is 6.92 Å². The second kappa shape index (κ2) is 8.53. The van der Waals surface area contributed by atoms with Crippen molar-refractivity contribution in [3.63, 3.8) is 0 Å². The van der Waals surface area contributed by atoms with E-state index >= 15 is 0 Å². The van der Waals surface area contributed by atoms with Crippen LogP contribution in [0.2, 0.25) is 0 Å². The van der Waals surface area contributed by atoms with Gasteiger partial charge in [-0.05, 0) is 31.2 Å². The van der Waals surface area contributed by atoms with Gasteiger partial charge in [-0.3, -0.25) is 0 Å². The number of hydrogen-bond acceptors (Lipinski definition) is 5. The van der Waals surface area contributed by atoms with E-state index in [0.717, 1.165) is 16.9 Å². The molecule has 1 rings (SSSR count). The lowest BCUT2D eigenvalue weighted by molar-refractivity contribution is 0.581. The van der Waals surface area contributed by atoms with E-state index in [1.807, 2.05) is 13.2 Å². The van der Waals surface area contributed by atoms with Crippen molar-refractivity contribution in [3.8, 4) is 0 Å². The van der Waals surface area contributed by atoms with Crippen molar-refractivity contribution >= 4 is 33.1 Å². The summed E-state index contributed by atoms with van der Waals surface area (Å²) < 4.78 is 27.7. The summed E-state index contributed by atoms with van der Waals surface area (Å²) in [6, 6.07) is 2.15. The van der Waals surface area contributed by atoms with Gasteiger partial charge in [0.2, 0.25) is 10.0 Å². The van der Waals surface area contributed by atoms with Crippen LogP contribution < -0.4 is 10.0 Å². The van der Waals surface area contributed by atoms with Gasteiger partial charge in [0, 0.05) is 29.3 Å². The van der Waals surface area contributed by atoms with Crippen LogP contribution in [0.5, 0.6) is 0 Å². The number of sulfonamides is 1. The number of aryl methyl sites for hydroxylation is 1. The van der Waals surface area contributed by atoms with Gasteiger partial charge in [0.25, 0.3) is 0 Å². The van der Waals surface area contributed by atoms with E-state index in [9.17, 15) is 8.42 Å². The van der Waals surface area contributed by atoms with Crippen LogP contribution in [0.3, 0.4) is 0 Å². The summed E-state index contributed by atoms with van der Waals surface area (Å²) in [5, 5.41) is 3.79. The predicted octanol–water partition coefficient (Wildman–Crippen LogP) is 2.97. The standard InChI is InChI=1S/C14H26N2O2S3/c1-10(2)15-9-13-11(3)8-14(20-13)21(17,18)16-7-6-12(4)19-5/h8,10,12,15-16H,6-7,9H2,1-5H3. The van der Waals surface area contributed by atoms with E-state index < -0.39 is 10.0 Å². The van der Waals surface area contributed by atoms with Crippen LogP contribution in [-0.2, 0) is 16.6 Å². The van der Waals surface area contributed by atoms with Gasteiger partial charge in [0.15, 0.2) is 0 Å². The fourth-order valence-electron chi connectivity index (χ4n) is 1.68. The normalized spacial score (nSPS) is 13.8. The number of nitrogens with one attached hydrogen (secondary N) is 2. The van der Waals surface area contributed by atoms with Gasteiger partial charge < -0.3 is 5.32 Å². The molecule has 0 saturated heterocycles. The molecule has 0 bridgehead atoms. The molecule has 0 fully saturated rings. The van der Waals surface area contributed by atoms with E-state index in [-0.39, 0.29) is 0 Å². The molecule has 0 aliphatic carbocycles. The number of rotatable bonds is 9. The minimum absolute atomic E-state index is 0.387. The quantitative estimate of drug-likeness (QED) is 0.719. The van der Waals surface area contributed by atoms with Crippen molar-refractivity contribution in [2.45, 2.75) is 56.2 Å². The first kappa shape index (κ1) is 19.0. The molecule has 0 aliphatic rings. The average Bonchev–Trinajstić information content (AvgIpc) is 2.78. The monoisotopic (exact) mass is 350 g/mol. The Labute approximate surface area is 137 Å². The Morgan fingerprint density at radius 1 is 1.33 bits per heavy atom. The molecule has 4 nitrogen and oxygen atoms in total. The Morgan fingerprint density at radius 3 is 2.57 bits per heavy atom. The van der Waals surface area contributed by atoms with Crippen LogP contribution in [0.15, 0.2) is 10.3 Å². The fraction of sp³-hybridized carbons (Fsp3) is 0.714. The molecule has 1 unspecified atom stereocenters. The molecule has 0 aliphatic heterocycles. The SMILES string of the molecule is CSC(C)CCNS(=O)(=O)c1cc(C)c(CNC(C)C)s1. The van der Waals surface area contributed by atoms with Gasteiger partial charge in [0.05, 0.1) is 0 Å². The summed E-state index contributed by atoms with van der Waals surface area (Å²) in [6.45, 7) is 9.42. The number of thiophene rings is 1. The Kier molecular flexibility index (Phi) is 7.70. The summed E-state index contributed by atoms with van der Waals surface area (Å²) in [6.07, 6.45) is 2.88. The zero-order valence-electron chi connectivity index (χ0n) is 13.4. The lowest BCUT2D eigenvalue weighted by Crippen LogP contribution is -2.25. The minimum atomic E-state index is -3.37. The topological polar surface area (TPSA) is 58.2 Å². The van der Waals surface area contributed by atoms with Crippen molar-refractivity contribution in [3.05, 3.63) is 16.5 Å². The van der Waals surface area contributed by atoms with Crippen LogP contribution >= 0.6 is 23.1 Å². The highest BCUT2D eigenvalue weighted by Gasteiger charge is 2.18. The summed E-state index contributed by atoms with van der Waals surface area (Å²) in [4.78, 5) is 1.08. The molecule has 1 aromatic rings. The number of hydrogen-bond donors (Lipinski definition) is 2. The van der Waals surface area contributed by atoms with Gasteiger partial charge >= 0.3 is 0 Å². The zero-order chi connectivity index (χ0) is 16.0.